The van der Waals surface area contributed by atoms with Gasteiger partial charge in [0, 0.05) is 46.2 Å². The molecule has 1 aliphatic heterocycles. The lowest BCUT2D eigenvalue weighted by molar-refractivity contribution is -0.301. The number of carbonyl (C=O) groups is 5. The molecule has 0 spiro atoms. The van der Waals surface area contributed by atoms with Crippen LogP contribution in [0.2, 0.25) is 0 Å². The van der Waals surface area contributed by atoms with E-state index in [1.54, 1.807) is 0 Å². The van der Waals surface area contributed by atoms with Gasteiger partial charge in [0.15, 0.2) is 30.4 Å². The summed E-state index contributed by atoms with van der Waals surface area (Å²) in [5, 5.41) is 19.8. The van der Waals surface area contributed by atoms with Crippen molar-refractivity contribution < 1.29 is 57.9 Å². The maximum atomic E-state index is 12.4. The maximum Gasteiger partial charge on any atom is 0.328 e. The van der Waals surface area contributed by atoms with Crippen molar-refractivity contribution in [2.45, 2.75) is 97.6 Å². The summed E-state index contributed by atoms with van der Waals surface area (Å²) in [7, 11) is 0. The molecule has 1 fully saturated rings. The molecule has 0 bridgehead atoms. The number of aliphatic carboxylic acids is 1. The molecule has 2 rings (SSSR count). The van der Waals surface area contributed by atoms with Gasteiger partial charge in [0.05, 0.1) is 18.3 Å². The van der Waals surface area contributed by atoms with Gasteiger partial charge in [-0.05, 0) is 12.3 Å². The van der Waals surface area contributed by atoms with Crippen LogP contribution in [0.15, 0.2) is 16.3 Å². The van der Waals surface area contributed by atoms with Gasteiger partial charge >= 0.3 is 23.9 Å². The third-order valence-corrected chi connectivity index (χ3v) is 5.87. The Morgan fingerprint density at radius 1 is 1.03 bits per heavy atom. The van der Waals surface area contributed by atoms with Gasteiger partial charge in [-0.3, -0.25) is 24.2 Å². The van der Waals surface area contributed by atoms with Gasteiger partial charge in [-0.25, -0.2) is 4.79 Å². The van der Waals surface area contributed by atoms with Gasteiger partial charge in [0.25, 0.3) is 0 Å². The number of ketones is 1. The Balaban J connectivity index is 2.17. The molecule has 0 aromatic heterocycles. The maximum absolute atomic E-state index is 12.4. The summed E-state index contributed by atoms with van der Waals surface area (Å²) in [4.78, 5) is 63.2. The average molecular weight is 542 g/mol. The van der Waals surface area contributed by atoms with Crippen LogP contribution in [0.1, 0.15) is 60.8 Å². The Bertz CT molecular complexity index is 1000. The van der Waals surface area contributed by atoms with E-state index in [1.807, 2.05) is 13.8 Å². The lowest BCUT2D eigenvalue weighted by atomic mass is 9.77. The third-order valence-electron chi connectivity index (χ3n) is 5.87. The van der Waals surface area contributed by atoms with Crippen molar-refractivity contribution in [2.24, 2.45) is 10.4 Å². The number of Topliss-reactive ketones (excluding diaryl/α,β-unsaturated/α-hetero) is 1. The first kappa shape index (κ1) is 30.9. The Morgan fingerprint density at radius 2 is 1.58 bits per heavy atom. The molecular formula is C25H35NO12. The fourth-order valence-corrected chi connectivity index (χ4v) is 4.27. The lowest BCUT2D eigenvalue weighted by Gasteiger charge is -2.43. The molecule has 0 saturated carbocycles. The highest BCUT2D eigenvalue weighted by atomic mass is 16.7. The number of rotatable bonds is 10. The predicted molar refractivity (Wildman–Crippen MR) is 129 cm³/mol. The summed E-state index contributed by atoms with van der Waals surface area (Å²) in [6.07, 6.45) is -4.48. The second-order valence-corrected chi connectivity index (χ2v) is 10.0. The van der Waals surface area contributed by atoms with Gasteiger partial charge in [0.2, 0.25) is 0 Å². The number of carboxylic acids is 1. The predicted octanol–water partition coefficient (Wildman–Crippen LogP) is 1.66. The Labute approximate surface area is 220 Å². The van der Waals surface area contributed by atoms with Crippen LogP contribution in [0.5, 0.6) is 0 Å². The van der Waals surface area contributed by atoms with E-state index >= 15 is 0 Å². The van der Waals surface area contributed by atoms with Gasteiger partial charge in [0.1, 0.15) is 11.8 Å². The second kappa shape index (κ2) is 13.0. The number of allylic oxidation sites excluding steroid dienone is 2. The molecule has 2 N–H and O–H groups in total. The van der Waals surface area contributed by atoms with E-state index in [9.17, 15) is 34.2 Å². The standard InChI is InChI=1S/C25H35NO12/c1-12-20(36-13(2)27)21(37-14(3)28)22(38-15(4)29)24(35-12)34-8-7-17(23(32)33)26-11-16-18(30)9-25(5,6)10-19(16)31/h11-12,17,20-22,24,30H,7-10H2,1-6H3,(H,32,33)/t12-,17-,20+,21+,22-,24+/m0/s1. The molecule has 13 heteroatoms. The number of nitrogens with zero attached hydrogens (tertiary/aromatic N) is 1. The topological polar surface area (TPSA) is 184 Å². The van der Waals surface area contributed by atoms with Crippen LogP contribution in [-0.2, 0) is 47.7 Å². The van der Waals surface area contributed by atoms with E-state index in [0.29, 0.717) is 0 Å². The van der Waals surface area contributed by atoms with Crippen LogP contribution in [0.3, 0.4) is 0 Å². The van der Waals surface area contributed by atoms with Gasteiger partial charge in [-0.15, -0.1) is 0 Å². The number of carboxylic acid groups (broad SMARTS) is 1. The summed E-state index contributed by atoms with van der Waals surface area (Å²) in [6, 6.07) is -1.33. The Morgan fingerprint density at radius 3 is 2.11 bits per heavy atom. The molecule has 1 heterocycles. The number of hydrogen-bond acceptors (Lipinski definition) is 12. The Hall–Kier alpha value is -3.32. The average Bonchev–Trinajstić information content (AvgIpc) is 2.74. The van der Waals surface area contributed by atoms with Crippen molar-refractivity contribution >= 4 is 35.9 Å². The first-order chi connectivity index (χ1) is 17.6. The summed E-state index contributed by atoms with van der Waals surface area (Å²) in [6.45, 7) is 8.37. The van der Waals surface area contributed by atoms with Crippen molar-refractivity contribution in [3.63, 3.8) is 0 Å². The quantitative estimate of drug-likeness (QED) is 0.232. The molecule has 212 valence electrons. The molecule has 13 nitrogen and oxygen atoms in total. The zero-order chi connectivity index (χ0) is 28.8. The highest BCUT2D eigenvalue weighted by Gasteiger charge is 2.51. The van der Waals surface area contributed by atoms with Gasteiger partial charge in [-0.2, -0.15) is 0 Å². The fourth-order valence-electron chi connectivity index (χ4n) is 4.27. The van der Waals surface area contributed by atoms with Gasteiger partial charge in [-0.1, -0.05) is 13.8 Å². The summed E-state index contributed by atoms with van der Waals surface area (Å²) < 4.78 is 27.2. The number of aliphatic hydroxyl groups is 1. The van der Waals surface area contributed by atoms with E-state index in [-0.39, 0.29) is 43.0 Å². The van der Waals surface area contributed by atoms with Crippen LogP contribution in [0, 0.1) is 5.41 Å². The van der Waals surface area contributed by atoms with Crippen LogP contribution < -0.4 is 0 Å². The van der Waals surface area contributed by atoms with E-state index in [0.717, 1.165) is 27.0 Å². The smallest absolute Gasteiger partial charge is 0.328 e. The summed E-state index contributed by atoms with van der Waals surface area (Å²) in [5.41, 5.74) is -0.441. The molecule has 0 unspecified atom stereocenters. The normalized spacial score (nSPS) is 28.1. The zero-order valence-corrected chi connectivity index (χ0v) is 22.3. The number of aliphatic imine (C=N–C) groups is 1. The Kier molecular flexibility index (Phi) is 10.5. The number of carbonyl (C=O) groups excluding carboxylic acids is 4. The van der Waals surface area contributed by atoms with E-state index < -0.39 is 66.0 Å². The molecular weight excluding hydrogens is 506 g/mol. The molecule has 2 aliphatic rings. The first-order valence-electron chi connectivity index (χ1n) is 12.1. The lowest BCUT2D eigenvalue weighted by Crippen LogP contribution is -2.61. The van der Waals surface area contributed by atoms with Crippen LogP contribution in [0.4, 0.5) is 0 Å². The number of esters is 3. The number of ether oxygens (including phenoxy) is 5. The minimum Gasteiger partial charge on any atom is -0.511 e. The SMILES string of the molecule is CC(=O)O[C@H]1[C@H](OC(C)=O)[C@H](OCC[C@H](N=CC2=C(O)CC(C)(C)CC2=O)C(=O)O)O[C@@H](C)[C@H]1OC(C)=O. The molecule has 0 aromatic rings. The summed E-state index contributed by atoms with van der Waals surface area (Å²) in [5.74, 6) is -3.93. The molecule has 38 heavy (non-hydrogen) atoms. The minimum atomic E-state index is -1.33. The zero-order valence-electron chi connectivity index (χ0n) is 22.3. The summed E-state index contributed by atoms with van der Waals surface area (Å²) >= 11 is 0. The number of hydrogen-bond donors (Lipinski definition) is 2. The van der Waals surface area contributed by atoms with Crippen LogP contribution in [-0.4, -0.2) is 89.4 Å². The minimum absolute atomic E-state index is 0.0309. The van der Waals surface area contributed by atoms with E-state index in [1.165, 1.54) is 6.92 Å². The van der Waals surface area contributed by atoms with E-state index in [2.05, 4.69) is 4.99 Å². The second-order valence-electron chi connectivity index (χ2n) is 10.0. The van der Waals surface area contributed by atoms with Crippen LogP contribution >= 0.6 is 0 Å². The third kappa shape index (κ3) is 8.62. The first-order valence-corrected chi connectivity index (χ1v) is 12.1. The highest BCUT2D eigenvalue weighted by molar-refractivity contribution is 6.14. The van der Waals surface area contributed by atoms with Crippen molar-refractivity contribution in [1.29, 1.82) is 0 Å². The molecule has 0 amide bonds. The molecule has 1 aliphatic carbocycles. The highest BCUT2D eigenvalue weighted by Crippen LogP contribution is 2.35. The van der Waals surface area contributed by atoms with Crippen molar-refractivity contribution in [2.75, 3.05) is 6.61 Å². The molecule has 0 aromatic carbocycles. The molecule has 0 radical (unpaired) electrons. The van der Waals surface area contributed by atoms with E-state index in [4.69, 9.17) is 23.7 Å². The monoisotopic (exact) mass is 541 g/mol. The van der Waals surface area contributed by atoms with Gasteiger partial charge < -0.3 is 33.9 Å². The molecule has 6 atom stereocenters. The molecule has 1 saturated heterocycles. The van der Waals surface area contributed by atoms with Crippen molar-refractivity contribution in [3.05, 3.63) is 11.3 Å². The van der Waals surface area contributed by atoms with Crippen molar-refractivity contribution in [3.8, 4) is 0 Å². The fraction of sp³-hybridized carbons (Fsp3) is 0.680. The number of aliphatic hydroxyl groups excluding tert-OH is 1. The van der Waals surface area contributed by atoms with Crippen LogP contribution in [0.25, 0.3) is 0 Å². The van der Waals surface area contributed by atoms with Crippen molar-refractivity contribution in [1.82, 2.24) is 0 Å². The largest absolute Gasteiger partial charge is 0.511 e.